The Balaban J connectivity index is 2.98. The highest BCUT2D eigenvalue weighted by Gasteiger charge is 2.24. The van der Waals surface area contributed by atoms with Crippen molar-refractivity contribution in [1.29, 1.82) is 0 Å². The van der Waals surface area contributed by atoms with Crippen LogP contribution in [0.1, 0.15) is 43.0 Å². The molecule has 0 saturated carbocycles. The first kappa shape index (κ1) is 15.2. The molecule has 1 amide bonds. The molecule has 4 nitrogen and oxygen atoms in total. The van der Waals surface area contributed by atoms with Crippen LogP contribution in [-0.2, 0) is 9.59 Å². The predicted octanol–water partition coefficient (Wildman–Crippen LogP) is 2.59. The first-order chi connectivity index (χ1) is 8.82. The molecule has 0 saturated heterocycles. The number of rotatable bonds is 5. The average molecular weight is 263 g/mol. The van der Waals surface area contributed by atoms with Crippen LogP contribution in [0.4, 0.5) is 0 Å². The van der Waals surface area contributed by atoms with Gasteiger partial charge in [0.25, 0.3) is 0 Å². The highest BCUT2D eigenvalue weighted by Crippen LogP contribution is 2.21. The van der Waals surface area contributed by atoms with Gasteiger partial charge in [-0.3, -0.25) is 4.79 Å². The van der Waals surface area contributed by atoms with Crippen molar-refractivity contribution in [3.8, 4) is 0 Å². The van der Waals surface area contributed by atoms with Gasteiger partial charge < -0.3 is 10.4 Å². The van der Waals surface area contributed by atoms with E-state index in [4.69, 9.17) is 0 Å². The van der Waals surface area contributed by atoms with Gasteiger partial charge in [0.15, 0.2) is 6.04 Å². The van der Waals surface area contributed by atoms with Gasteiger partial charge in [-0.1, -0.05) is 32.0 Å². The maximum absolute atomic E-state index is 11.8. The van der Waals surface area contributed by atoms with E-state index in [0.717, 1.165) is 11.1 Å². The molecule has 104 valence electrons. The lowest BCUT2D eigenvalue weighted by atomic mass is 9.97. The third-order valence-corrected chi connectivity index (χ3v) is 3.10. The van der Waals surface area contributed by atoms with E-state index in [1.165, 1.54) is 0 Å². The number of carbonyl (C=O) groups excluding carboxylic acids is 1. The molecule has 1 aromatic carbocycles. The maximum Gasteiger partial charge on any atom is 0.330 e. The van der Waals surface area contributed by atoms with E-state index in [-0.39, 0.29) is 11.8 Å². The van der Waals surface area contributed by atoms with Crippen LogP contribution in [-0.4, -0.2) is 17.0 Å². The number of carbonyl (C=O) groups is 2. The minimum absolute atomic E-state index is 0.202. The average Bonchev–Trinajstić information content (AvgIpc) is 2.29. The summed E-state index contributed by atoms with van der Waals surface area (Å²) in [7, 11) is 0. The lowest BCUT2D eigenvalue weighted by Crippen LogP contribution is -2.34. The topological polar surface area (TPSA) is 66.4 Å². The van der Waals surface area contributed by atoms with Gasteiger partial charge in [0.2, 0.25) is 5.91 Å². The summed E-state index contributed by atoms with van der Waals surface area (Å²) in [5, 5.41) is 11.9. The molecule has 0 bridgehead atoms. The van der Waals surface area contributed by atoms with Gasteiger partial charge in [0.1, 0.15) is 0 Å². The highest BCUT2D eigenvalue weighted by atomic mass is 16.4. The molecule has 19 heavy (non-hydrogen) atoms. The molecule has 2 N–H and O–H groups in total. The van der Waals surface area contributed by atoms with Crippen molar-refractivity contribution in [2.75, 3.05) is 0 Å². The van der Waals surface area contributed by atoms with Gasteiger partial charge >= 0.3 is 5.97 Å². The summed E-state index contributed by atoms with van der Waals surface area (Å²) in [6.07, 6.45) is 0.328. The SMILES string of the molecule is Cc1cccc(C(NC(=O)CC(C)C)C(=O)O)c1C. The van der Waals surface area contributed by atoms with Crippen molar-refractivity contribution in [3.05, 3.63) is 34.9 Å². The number of hydrogen-bond acceptors (Lipinski definition) is 2. The summed E-state index contributed by atoms with van der Waals surface area (Å²) in [4.78, 5) is 23.1. The standard InChI is InChI=1S/C15H21NO3/c1-9(2)8-13(17)16-14(15(18)19)12-7-5-6-10(3)11(12)4/h5-7,9,14H,8H2,1-4H3,(H,16,17)(H,18,19). The first-order valence-corrected chi connectivity index (χ1v) is 6.41. The van der Waals surface area contributed by atoms with Crippen LogP contribution in [0.15, 0.2) is 18.2 Å². The van der Waals surface area contributed by atoms with Gasteiger partial charge in [-0.25, -0.2) is 4.79 Å². The zero-order valence-electron chi connectivity index (χ0n) is 11.9. The maximum atomic E-state index is 11.8. The van der Waals surface area contributed by atoms with Crippen LogP contribution in [0.2, 0.25) is 0 Å². The smallest absolute Gasteiger partial charge is 0.330 e. The molecule has 0 heterocycles. The normalized spacial score (nSPS) is 12.3. The molecule has 0 aliphatic heterocycles. The summed E-state index contributed by atoms with van der Waals surface area (Å²) in [6.45, 7) is 7.64. The lowest BCUT2D eigenvalue weighted by molar-refractivity contribution is -0.142. The molecule has 4 heteroatoms. The van der Waals surface area contributed by atoms with E-state index in [9.17, 15) is 14.7 Å². The minimum Gasteiger partial charge on any atom is -0.479 e. The van der Waals surface area contributed by atoms with Crippen molar-refractivity contribution in [1.82, 2.24) is 5.32 Å². The third-order valence-electron chi connectivity index (χ3n) is 3.10. The van der Waals surface area contributed by atoms with Crippen molar-refractivity contribution in [2.45, 2.75) is 40.2 Å². The van der Waals surface area contributed by atoms with Crippen LogP contribution < -0.4 is 5.32 Å². The van der Waals surface area contributed by atoms with Gasteiger partial charge in [0, 0.05) is 6.42 Å². The summed E-state index contributed by atoms with van der Waals surface area (Å²) in [5.74, 6) is -1.07. The zero-order chi connectivity index (χ0) is 14.6. The van der Waals surface area contributed by atoms with Crippen LogP contribution in [0.3, 0.4) is 0 Å². The summed E-state index contributed by atoms with van der Waals surface area (Å²) >= 11 is 0. The molecule has 1 aromatic rings. The van der Waals surface area contributed by atoms with Crippen LogP contribution in [0.5, 0.6) is 0 Å². The van der Waals surface area contributed by atoms with E-state index in [2.05, 4.69) is 5.32 Å². The van der Waals surface area contributed by atoms with Gasteiger partial charge in [-0.15, -0.1) is 0 Å². The third kappa shape index (κ3) is 4.09. The van der Waals surface area contributed by atoms with Crippen molar-refractivity contribution in [3.63, 3.8) is 0 Å². The Kier molecular flexibility index (Phi) is 5.10. The molecule has 0 aliphatic carbocycles. The Bertz CT molecular complexity index is 480. The monoisotopic (exact) mass is 263 g/mol. The fraction of sp³-hybridized carbons (Fsp3) is 0.467. The summed E-state index contributed by atoms with van der Waals surface area (Å²) in [5.41, 5.74) is 2.56. The fourth-order valence-corrected chi connectivity index (χ4v) is 1.95. The van der Waals surface area contributed by atoms with E-state index in [0.29, 0.717) is 12.0 Å². The molecule has 0 aromatic heterocycles. The predicted molar refractivity (Wildman–Crippen MR) is 73.9 cm³/mol. The Hall–Kier alpha value is -1.84. The number of amides is 1. The fourth-order valence-electron chi connectivity index (χ4n) is 1.95. The second-order valence-electron chi connectivity index (χ2n) is 5.23. The van der Waals surface area contributed by atoms with Gasteiger partial charge in [-0.05, 0) is 36.5 Å². The molecule has 1 unspecified atom stereocenters. The van der Waals surface area contributed by atoms with Crippen LogP contribution >= 0.6 is 0 Å². The molecular formula is C15H21NO3. The Morgan fingerprint density at radius 2 is 1.89 bits per heavy atom. The van der Waals surface area contributed by atoms with E-state index < -0.39 is 12.0 Å². The minimum atomic E-state index is -1.04. The molecular weight excluding hydrogens is 242 g/mol. The summed E-state index contributed by atoms with van der Waals surface area (Å²) < 4.78 is 0. The molecule has 0 radical (unpaired) electrons. The first-order valence-electron chi connectivity index (χ1n) is 6.41. The number of carboxylic acid groups (broad SMARTS) is 1. The van der Waals surface area contributed by atoms with E-state index in [1.807, 2.05) is 39.8 Å². The number of nitrogens with one attached hydrogen (secondary N) is 1. The summed E-state index contributed by atoms with van der Waals surface area (Å²) in [6, 6.07) is 4.50. The van der Waals surface area contributed by atoms with E-state index >= 15 is 0 Å². The lowest BCUT2D eigenvalue weighted by Gasteiger charge is -2.18. The number of hydrogen-bond donors (Lipinski definition) is 2. The second-order valence-corrected chi connectivity index (χ2v) is 5.23. The van der Waals surface area contributed by atoms with E-state index in [1.54, 1.807) is 6.07 Å². The van der Waals surface area contributed by atoms with Gasteiger partial charge in [0.05, 0.1) is 0 Å². The molecule has 1 atom stereocenters. The Morgan fingerprint density at radius 3 is 2.42 bits per heavy atom. The van der Waals surface area contributed by atoms with Gasteiger partial charge in [-0.2, -0.15) is 0 Å². The van der Waals surface area contributed by atoms with Crippen molar-refractivity contribution < 1.29 is 14.7 Å². The molecule has 1 rings (SSSR count). The molecule has 0 fully saturated rings. The van der Waals surface area contributed by atoms with Crippen LogP contribution in [0, 0.1) is 19.8 Å². The number of benzene rings is 1. The molecule has 0 spiro atoms. The Labute approximate surface area is 113 Å². The van der Waals surface area contributed by atoms with Crippen molar-refractivity contribution >= 4 is 11.9 Å². The highest BCUT2D eigenvalue weighted by molar-refractivity contribution is 5.85. The largest absolute Gasteiger partial charge is 0.479 e. The number of carboxylic acids is 1. The number of aryl methyl sites for hydroxylation is 1. The Morgan fingerprint density at radius 1 is 1.26 bits per heavy atom. The number of aliphatic carboxylic acids is 1. The zero-order valence-corrected chi connectivity index (χ0v) is 11.9. The molecule has 0 aliphatic rings. The van der Waals surface area contributed by atoms with Crippen LogP contribution in [0.25, 0.3) is 0 Å². The quantitative estimate of drug-likeness (QED) is 0.858. The second kappa shape index (κ2) is 6.36. The van der Waals surface area contributed by atoms with Crippen molar-refractivity contribution in [2.24, 2.45) is 5.92 Å².